The maximum Gasteiger partial charge on any atom is 0.293 e. The fourth-order valence-electron chi connectivity index (χ4n) is 1.55. The van der Waals surface area contributed by atoms with Crippen LogP contribution in [0.15, 0.2) is 35.4 Å². The highest BCUT2D eigenvalue weighted by Crippen LogP contribution is 2.26. The summed E-state index contributed by atoms with van der Waals surface area (Å²) in [5.41, 5.74) is 0.211. The first-order chi connectivity index (χ1) is 8.63. The van der Waals surface area contributed by atoms with Gasteiger partial charge in [-0.2, -0.15) is 0 Å². The molecule has 0 aliphatic carbocycles. The lowest BCUT2D eigenvalue weighted by atomic mass is 10.1. The molecule has 18 heavy (non-hydrogen) atoms. The van der Waals surface area contributed by atoms with Crippen LogP contribution in [0.25, 0.3) is 11.3 Å². The molecule has 0 saturated heterocycles. The van der Waals surface area contributed by atoms with E-state index in [2.05, 4.69) is 9.97 Å². The zero-order chi connectivity index (χ0) is 13.1. The molecule has 7 nitrogen and oxygen atoms in total. The van der Waals surface area contributed by atoms with Crippen LogP contribution in [0.5, 0.6) is 5.75 Å². The number of H-pyrrole nitrogens is 1. The highest BCUT2D eigenvalue weighted by atomic mass is 16.6. The number of nitro benzene ring substituents is 1. The van der Waals surface area contributed by atoms with Crippen molar-refractivity contribution < 1.29 is 9.66 Å². The van der Waals surface area contributed by atoms with E-state index in [1.54, 1.807) is 6.07 Å². The number of ether oxygens (including phenoxy) is 1. The standard InChI is InChI=1S/C11H9N3O4/c1-18-10-9(12-6-13-11(10)15)7-3-2-4-8(5-7)14(16)17/h2-6H,1H3,(H,12,13,15). The van der Waals surface area contributed by atoms with Crippen molar-refractivity contribution in [2.24, 2.45) is 0 Å². The first-order valence-corrected chi connectivity index (χ1v) is 5.00. The van der Waals surface area contributed by atoms with Gasteiger partial charge in [0.15, 0.2) is 0 Å². The van der Waals surface area contributed by atoms with Gasteiger partial charge >= 0.3 is 0 Å². The van der Waals surface area contributed by atoms with Crippen LogP contribution < -0.4 is 10.3 Å². The van der Waals surface area contributed by atoms with Gasteiger partial charge in [0.1, 0.15) is 5.69 Å². The molecule has 1 N–H and O–H groups in total. The number of aromatic amines is 1. The SMILES string of the molecule is COc1c(-c2cccc([N+](=O)[O-])c2)nc[nH]c1=O. The van der Waals surface area contributed by atoms with Crippen LogP contribution >= 0.6 is 0 Å². The highest BCUT2D eigenvalue weighted by Gasteiger charge is 2.14. The lowest BCUT2D eigenvalue weighted by Gasteiger charge is -2.05. The van der Waals surface area contributed by atoms with Crippen LogP contribution in [0.1, 0.15) is 0 Å². The van der Waals surface area contributed by atoms with Crippen molar-refractivity contribution in [2.75, 3.05) is 7.11 Å². The molecule has 0 amide bonds. The van der Waals surface area contributed by atoms with E-state index in [0.717, 1.165) is 0 Å². The molecule has 2 rings (SSSR count). The number of benzene rings is 1. The van der Waals surface area contributed by atoms with Crippen LogP contribution in [0, 0.1) is 10.1 Å². The molecule has 0 saturated carbocycles. The predicted molar refractivity (Wildman–Crippen MR) is 63.5 cm³/mol. The van der Waals surface area contributed by atoms with Crippen LogP contribution in [0.3, 0.4) is 0 Å². The van der Waals surface area contributed by atoms with E-state index in [1.807, 2.05) is 0 Å². The first kappa shape index (κ1) is 11.8. The van der Waals surface area contributed by atoms with Crippen LogP contribution in [0.4, 0.5) is 5.69 Å². The summed E-state index contributed by atoms with van der Waals surface area (Å²) < 4.78 is 4.95. The Bertz CT molecular complexity index is 651. The number of rotatable bonds is 3. The third-order valence-corrected chi connectivity index (χ3v) is 2.35. The van der Waals surface area contributed by atoms with Crippen molar-refractivity contribution in [2.45, 2.75) is 0 Å². The summed E-state index contributed by atoms with van der Waals surface area (Å²) in [5, 5.41) is 10.7. The number of hydrogen-bond acceptors (Lipinski definition) is 5. The van der Waals surface area contributed by atoms with Gasteiger partial charge in [-0.05, 0) is 0 Å². The van der Waals surface area contributed by atoms with Crippen LogP contribution in [0.2, 0.25) is 0 Å². The van der Waals surface area contributed by atoms with Gasteiger partial charge in [0, 0.05) is 17.7 Å². The van der Waals surface area contributed by atoms with Gasteiger partial charge < -0.3 is 9.72 Å². The Labute approximate surface area is 101 Å². The summed E-state index contributed by atoms with van der Waals surface area (Å²) in [4.78, 5) is 28.0. The van der Waals surface area contributed by atoms with Crippen molar-refractivity contribution in [1.29, 1.82) is 0 Å². The molecule has 0 bridgehead atoms. The molecule has 0 fully saturated rings. The Morgan fingerprint density at radius 2 is 2.22 bits per heavy atom. The van der Waals surface area contributed by atoms with Gasteiger partial charge in [-0.3, -0.25) is 14.9 Å². The number of aromatic nitrogens is 2. The molecule has 92 valence electrons. The number of nitrogens with zero attached hydrogens (tertiary/aromatic N) is 2. The molecule has 0 radical (unpaired) electrons. The number of methoxy groups -OCH3 is 1. The van der Waals surface area contributed by atoms with Gasteiger partial charge in [0.05, 0.1) is 18.4 Å². The fraction of sp³-hybridized carbons (Fsp3) is 0.0909. The first-order valence-electron chi connectivity index (χ1n) is 5.00. The second kappa shape index (κ2) is 4.66. The number of nitrogens with one attached hydrogen (secondary N) is 1. The summed E-state index contributed by atoms with van der Waals surface area (Å²) in [6.45, 7) is 0. The molecule has 0 aliphatic rings. The second-order valence-electron chi connectivity index (χ2n) is 3.42. The molecule has 0 unspecified atom stereocenters. The second-order valence-corrected chi connectivity index (χ2v) is 3.42. The van der Waals surface area contributed by atoms with Crippen molar-refractivity contribution in [1.82, 2.24) is 9.97 Å². The molecule has 7 heteroatoms. The number of nitro groups is 1. The summed E-state index contributed by atoms with van der Waals surface area (Å²) in [6.07, 6.45) is 1.22. The van der Waals surface area contributed by atoms with Crippen molar-refractivity contribution in [3.05, 3.63) is 51.1 Å². The topological polar surface area (TPSA) is 98.1 Å². The van der Waals surface area contributed by atoms with E-state index < -0.39 is 10.5 Å². The lowest BCUT2D eigenvalue weighted by Crippen LogP contribution is -2.11. The zero-order valence-corrected chi connectivity index (χ0v) is 9.41. The van der Waals surface area contributed by atoms with E-state index in [4.69, 9.17) is 4.74 Å². The van der Waals surface area contributed by atoms with Gasteiger partial charge in [-0.15, -0.1) is 0 Å². The molecular weight excluding hydrogens is 238 g/mol. The Kier molecular flexibility index (Phi) is 3.05. The van der Waals surface area contributed by atoms with Crippen LogP contribution in [-0.2, 0) is 0 Å². The molecule has 1 aromatic carbocycles. The third-order valence-electron chi connectivity index (χ3n) is 2.35. The highest BCUT2D eigenvalue weighted by molar-refractivity contribution is 5.67. The Hall–Kier alpha value is -2.70. The summed E-state index contributed by atoms with van der Waals surface area (Å²) in [6, 6.07) is 5.85. The third kappa shape index (κ3) is 2.05. The minimum absolute atomic E-state index is 0.0259. The quantitative estimate of drug-likeness (QED) is 0.652. The Morgan fingerprint density at radius 3 is 2.89 bits per heavy atom. The lowest BCUT2D eigenvalue weighted by molar-refractivity contribution is -0.384. The Morgan fingerprint density at radius 1 is 1.44 bits per heavy atom. The fourth-order valence-corrected chi connectivity index (χ4v) is 1.55. The molecule has 1 aromatic heterocycles. The van der Waals surface area contributed by atoms with E-state index in [1.165, 1.54) is 31.6 Å². The maximum atomic E-state index is 11.5. The number of hydrogen-bond donors (Lipinski definition) is 1. The van der Waals surface area contributed by atoms with Crippen molar-refractivity contribution in [3.63, 3.8) is 0 Å². The molecule has 0 spiro atoms. The monoisotopic (exact) mass is 247 g/mol. The Balaban J connectivity index is 2.62. The smallest absolute Gasteiger partial charge is 0.293 e. The minimum atomic E-state index is -0.511. The van der Waals surface area contributed by atoms with E-state index in [9.17, 15) is 14.9 Å². The summed E-state index contributed by atoms with van der Waals surface area (Å²) >= 11 is 0. The largest absolute Gasteiger partial charge is 0.490 e. The average Bonchev–Trinajstić information content (AvgIpc) is 2.38. The van der Waals surface area contributed by atoms with Gasteiger partial charge in [-0.25, -0.2) is 4.98 Å². The van der Waals surface area contributed by atoms with E-state index in [0.29, 0.717) is 5.56 Å². The number of non-ortho nitro benzene ring substituents is 1. The van der Waals surface area contributed by atoms with E-state index >= 15 is 0 Å². The van der Waals surface area contributed by atoms with E-state index in [-0.39, 0.29) is 17.1 Å². The molecule has 1 heterocycles. The van der Waals surface area contributed by atoms with Crippen molar-refractivity contribution >= 4 is 5.69 Å². The predicted octanol–water partition coefficient (Wildman–Crippen LogP) is 1.35. The molecular formula is C11H9N3O4. The van der Waals surface area contributed by atoms with Crippen molar-refractivity contribution in [3.8, 4) is 17.0 Å². The maximum absolute atomic E-state index is 11.5. The summed E-state index contributed by atoms with van der Waals surface area (Å²) in [5.74, 6) is 0.0259. The van der Waals surface area contributed by atoms with Gasteiger partial charge in [-0.1, -0.05) is 12.1 Å². The van der Waals surface area contributed by atoms with Crippen LogP contribution in [-0.4, -0.2) is 22.0 Å². The summed E-state index contributed by atoms with van der Waals surface area (Å²) in [7, 11) is 1.34. The average molecular weight is 247 g/mol. The van der Waals surface area contributed by atoms with Gasteiger partial charge in [0.2, 0.25) is 5.75 Å². The van der Waals surface area contributed by atoms with Gasteiger partial charge in [0.25, 0.3) is 11.2 Å². The molecule has 2 aromatic rings. The zero-order valence-electron chi connectivity index (χ0n) is 9.41. The minimum Gasteiger partial charge on any atom is -0.490 e. The normalized spacial score (nSPS) is 10.1. The molecule has 0 aliphatic heterocycles. The molecule has 0 atom stereocenters.